The summed E-state index contributed by atoms with van der Waals surface area (Å²) in [6.07, 6.45) is 4.18. The molecule has 134 valence electrons. The van der Waals surface area contributed by atoms with Gasteiger partial charge in [0.25, 0.3) is 0 Å². The highest BCUT2D eigenvalue weighted by atomic mass is 32.2. The Morgan fingerprint density at radius 1 is 1.38 bits per heavy atom. The first kappa shape index (κ1) is 17.0. The third kappa shape index (κ3) is 3.41. The van der Waals surface area contributed by atoms with E-state index in [0.29, 0.717) is 41.1 Å². The van der Waals surface area contributed by atoms with E-state index in [1.54, 1.807) is 19.1 Å². The van der Waals surface area contributed by atoms with Gasteiger partial charge in [-0.2, -0.15) is 4.98 Å². The number of hydrogen-bond donors (Lipinski definition) is 0. The molecular weight excluding hydrogens is 353 g/mol. The summed E-state index contributed by atoms with van der Waals surface area (Å²) >= 11 is 1.49. The number of rotatable bonds is 7. The highest BCUT2D eigenvalue weighted by Gasteiger charge is 2.30. The fourth-order valence-corrected chi connectivity index (χ4v) is 3.43. The summed E-state index contributed by atoms with van der Waals surface area (Å²) in [5, 5.41) is 13.4. The number of benzene rings is 1. The van der Waals surface area contributed by atoms with Crippen molar-refractivity contribution in [1.29, 1.82) is 0 Å². The van der Waals surface area contributed by atoms with Gasteiger partial charge in [-0.1, -0.05) is 35.1 Å². The minimum atomic E-state index is -0.284. The smallest absolute Gasteiger partial charge is 0.237 e. The lowest BCUT2D eigenvalue weighted by atomic mass is 10.1. The van der Waals surface area contributed by atoms with E-state index in [4.69, 9.17) is 4.52 Å². The molecule has 0 saturated heterocycles. The van der Waals surface area contributed by atoms with Gasteiger partial charge in [-0.25, -0.2) is 4.39 Å². The standard InChI is InChI=1S/C18H18FN5OS/c1-3-8-24-17(12-6-7-12)21-22-18(24)26-10-15-20-16(23-25-15)13-5-4-11(2)14(19)9-13/h3-5,9,12H,1,6-8,10H2,2H3. The summed E-state index contributed by atoms with van der Waals surface area (Å²) in [6, 6.07) is 4.90. The van der Waals surface area contributed by atoms with Crippen molar-refractivity contribution >= 4 is 11.8 Å². The Bertz CT molecular complexity index is 947. The minimum Gasteiger partial charge on any atom is -0.338 e. The predicted molar refractivity (Wildman–Crippen MR) is 96.2 cm³/mol. The van der Waals surface area contributed by atoms with Gasteiger partial charge in [0, 0.05) is 18.0 Å². The van der Waals surface area contributed by atoms with Crippen LogP contribution < -0.4 is 0 Å². The van der Waals surface area contributed by atoms with Crippen LogP contribution in [0.15, 0.2) is 40.5 Å². The second-order valence-electron chi connectivity index (χ2n) is 6.28. The van der Waals surface area contributed by atoms with E-state index in [1.165, 1.54) is 30.7 Å². The molecule has 0 atom stereocenters. The molecule has 1 aromatic carbocycles. The molecule has 0 N–H and O–H groups in total. The maximum atomic E-state index is 13.7. The Kier molecular flexibility index (Phi) is 4.58. The van der Waals surface area contributed by atoms with Crippen LogP contribution >= 0.6 is 11.8 Å². The Hall–Kier alpha value is -2.48. The quantitative estimate of drug-likeness (QED) is 0.459. The Morgan fingerprint density at radius 3 is 2.96 bits per heavy atom. The van der Waals surface area contributed by atoms with Crippen LogP contribution in [0.25, 0.3) is 11.4 Å². The third-order valence-electron chi connectivity index (χ3n) is 4.22. The average molecular weight is 371 g/mol. The molecule has 0 bridgehead atoms. The first-order chi connectivity index (χ1) is 12.7. The first-order valence-electron chi connectivity index (χ1n) is 8.41. The molecule has 1 fully saturated rings. The predicted octanol–water partition coefficient (Wildman–Crippen LogP) is 4.13. The van der Waals surface area contributed by atoms with E-state index < -0.39 is 0 Å². The maximum Gasteiger partial charge on any atom is 0.237 e. The SMILES string of the molecule is C=CCn1c(SCc2nc(-c3ccc(C)c(F)c3)no2)nnc1C1CC1. The van der Waals surface area contributed by atoms with E-state index in [-0.39, 0.29) is 5.82 Å². The van der Waals surface area contributed by atoms with Gasteiger partial charge in [0.1, 0.15) is 11.6 Å². The van der Waals surface area contributed by atoms with Crippen molar-refractivity contribution in [2.24, 2.45) is 0 Å². The molecule has 26 heavy (non-hydrogen) atoms. The fraction of sp³-hybridized carbons (Fsp3) is 0.333. The van der Waals surface area contributed by atoms with Crippen molar-refractivity contribution in [3.05, 3.63) is 53.9 Å². The van der Waals surface area contributed by atoms with E-state index >= 15 is 0 Å². The van der Waals surface area contributed by atoms with Crippen molar-refractivity contribution in [1.82, 2.24) is 24.9 Å². The largest absolute Gasteiger partial charge is 0.338 e. The van der Waals surface area contributed by atoms with E-state index in [2.05, 4.69) is 31.5 Å². The molecule has 1 aliphatic carbocycles. The van der Waals surface area contributed by atoms with Gasteiger partial charge in [0.05, 0.1) is 5.75 Å². The second-order valence-corrected chi connectivity index (χ2v) is 7.22. The Balaban J connectivity index is 1.48. The molecule has 0 spiro atoms. The number of halogens is 1. The number of nitrogens with zero attached hydrogens (tertiary/aromatic N) is 5. The van der Waals surface area contributed by atoms with Gasteiger partial charge < -0.3 is 9.09 Å². The van der Waals surface area contributed by atoms with E-state index in [0.717, 1.165) is 11.0 Å². The highest BCUT2D eigenvalue weighted by molar-refractivity contribution is 7.98. The van der Waals surface area contributed by atoms with Gasteiger partial charge in [-0.3, -0.25) is 0 Å². The number of aromatic nitrogens is 5. The van der Waals surface area contributed by atoms with Crippen LogP contribution in [0.4, 0.5) is 4.39 Å². The van der Waals surface area contributed by atoms with Crippen molar-refractivity contribution in [3.8, 4) is 11.4 Å². The second kappa shape index (κ2) is 7.03. The summed E-state index contributed by atoms with van der Waals surface area (Å²) in [6.45, 7) is 6.20. The molecule has 4 rings (SSSR count). The highest BCUT2D eigenvalue weighted by Crippen LogP contribution is 2.40. The van der Waals surface area contributed by atoms with Gasteiger partial charge in [-0.05, 0) is 31.4 Å². The number of thioether (sulfide) groups is 1. The molecule has 1 aliphatic rings. The minimum absolute atomic E-state index is 0.284. The van der Waals surface area contributed by atoms with Crippen LogP contribution in [0.1, 0.15) is 36.0 Å². The van der Waals surface area contributed by atoms with Crippen molar-refractivity contribution in [2.45, 2.75) is 43.1 Å². The van der Waals surface area contributed by atoms with Crippen molar-refractivity contribution < 1.29 is 8.91 Å². The normalized spacial score (nSPS) is 13.9. The summed E-state index contributed by atoms with van der Waals surface area (Å²) in [5.74, 6) is 2.57. The molecule has 0 amide bonds. The molecule has 6 nitrogen and oxygen atoms in total. The molecule has 0 radical (unpaired) electrons. The monoisotopic (exact) mass is 371 g/mol. The summed E-state index contributed by atoms with van der Waals surface area (Å²) in [5.41, 5.74) is 1.18. The lowest BCUT2D eigenvalue weighted by molar-refractivity contribution is 0.391. The van der Waals surface area contributed by atoms with Crippen LogP contribution in [0, 0.1) is 12.7 Å². The summed E-state index contributed by atoms with van der Waals surface area (Å²) in [4.78, 5) is 4.35. The molecular formula is C18H18FN5OS. The topological polar surface area (TPSA) is 69.6 Å². The van der Waals surface area contributed by atoms with Crippen LogP contribution in [0.5, 0.6) is 0 Å². The molecule has 2 heterocycles. The van der Waals surface area contributed by atoms with E-state index in [1.807, 2.05) is 6.08 Å². The lowest BCUT2D eigenvalue weighted by Crippen LogP contribution is -2.02. The van der Waals surface area contributed by atoms with Gasteiger partial charge in [0.15, 0.2) is 5.16 Å². The van der Waals surface area contributed by atoms with Crippen LogP contribution in [0.3, 0.4) is 0 Å². The van der Waals surface area contributed by atoms with Crippen molar-refractivity contribution in [3.63, 3.8) is 0 Å². The molecule has 8 heteroatoms. The molecule has 1 saturated carbocycles. The average Bonchev–Trinajstić information content (AvgIpc) is 3.23. The van der Waals surface area contributed by atoms with Gasteiger partial charge in [-0.15, -0.1) is 16.8 Å². The van der Waals surface area contributed by atoms with E-state index in [9.17, 15) is 4.39 Å². The third-order valence-corrected chi connectivity index (χ3v) is 5.17. The Labute approximate surface area is 154 Å². The zero-order valence-corrected chi connectivity index (χ0v) is 15.2. The Morgan fingerprint density at radius 2 is 2.23 bits per heavy atom. The number of aryl methyl sites for hydroxylation is 1. The summed E-state index contributed by atoms with van der Waals surface area (Å²) in [7, 11) is 0. The lowest BCUT2D eigenvalue weighted by Gasteiger charge is -2.05. The molecule has 0 unspecified atom stereocenters. The first-order valence-corrected chi connectivity index (χ1v) is 9.40. The zero-order valence-electron chi connectivity index (χ0n) is 14.4. The molecule has 0 aliphatic heterocycles. The van der Waals surface area contributed by atoms with Gasteiger partial charge in [0.2, 0.25) is 11.7 Å². The fourth-order valence-electron chi connectivity index (χ4n) is 2.64. The maximum absolute atomic E-state index is 13.7. The summed E-state index contributed by atoms with van der Waals surface area (Å²) < 4.78 is 21.1. The van der Waals surface area contributed by atoms with Crippen LogP contribution in [-0.4, -0.2) is 24.9 Å². The molecule has 3 aromatic rings. The van der Waals surface area contributed by atoms with Crippen LogP contribution in [0.2, 0.25) is 0 Å². The zero-order chi connectivity index (χ0) is 18.1. The van der Waals surface area contributed by atoms with Gasteiger partial charge >= 0.3 is 0 Å². The molecule has 2 aromatic heterocycles. The number of allylic oxidation sites excluding steroid dienone is 1. The van der Waals surface area contributed by atoms with Crippen LogP contribution in [-0.2, 0) is 12.3 Å². The number of hydrogen-bond acceptors (Lipinski definition) is 6. The van der Waals surface area contributed by atoms with Crippen molar-refractivity contribution in [2.75, 3.05) is 0 Å².